The van der Waals surface area contributed by atoms with Crippen LogP contribution in [-0.4, -0.2) is 12.3 Å². The maximum Gasteiger partial charge on any atom is 0.206 e. The first-order valence-electron chi connectivity index (χ1n) is 6.68. The highest BCUT2D eigenvalue weighted by Gasteiger charge is 2.24. The van der Waals surface area contributed by atoms with Crippen LogP contribution in [0.5, 0.6) is 0 Å². The number of halogens is 1. The molecule has 4 heteroatoms. The van der Waals surface area contributed by atoms with Crippen molar-refractivity contribution in [3.63, 3.8) is 0 Å². The van der Waals surface area contributed by atoms with Gasteiger partial charge in [0.15, 0.2) is 11.3 Å². The van der Waals surface area contributed by atoms with Gasteiger partial charge in [0.05, 0.1) is 10.9 Å². The fourth-order valence-corrected chi connectivity index (χ4v) is 2.62. The van der Waals surface area contributed by atoms with Crippen LogP contribution in [0, 0.1) is 0 Å². The van der Waals surface area contributed by atoms with Crippen molar-refractivity contribution in [2.24, 2.45) is 5.73 Å². The third-order valence-electron chi connectivity index (χ3n) is 3.49. The number of rotatable bonds is 4. The minimum absolute atomic E-state index is 0.129. The summed E-state index contributed by atoms with van der Waals surface area (Å²) in [7, 11) is 0. The van der Waals surface area contributed by atoms with Gasteiger partial charge in [-0.2, -0.15) is 0 Å². The summed E-state index contributed by atoms with van der Waals surface area (Å²) in [5.74, 6) is -0.251. The molecule has 0 aliphatic heterocycles. The Morgan fingerprint density at radius 3 is 2.57 bits per heavy atom. The van der Waals surface area contributed by atoms with Gasteiger partial charge in [0.25, 0.3) is 0 Å². The van der Waals surface area contributed by atoms with Gasteiger partial charge >= 0.3 is 0 Å². The maximum absolute atomic E-state index is 12.6. The number of benzene rings is 2. The van der Waals surface area contributed by atoms with Crippen molar-refractivity contribution in [2.45, 2.75) is 5.92 Å². The summed E-state index contributed by atoms with van der Waals surface area (Å²) in [4.78, 5) is 12.6. The summed E-state index contributed by atoms with van der Waals surface area (Å²) in [6, 6.07) is 16.6. The van der Waals surface area contributed by atoms with Crippen molar-refractivity contribution >= 4 is 28.4 Å². The molecule has 0 bridgehead atoms. The molecule has 1 atom stereocenters. The van der Waals surface area contributed by atoms with E-state index in [4.69, 9.17) is 21.8 Å². The van der Waals surface area contributed by atoms with Gasteiger partial charge in [-0.3, -0.25) is 4.79 Å². The van der Waals surface area contributed by atoms with Crippen molar-refractivity contribution in [2.75, 3.05) is 6.54 Å². The van der Waals surface area contributed by atoms with Crippen molar-refractivity contribution in [1.82, 2.24) is 0 Å². The van der Waals surface area contributed by atoms with Crippen molar-refractivity contribution < 1.29 is 9.21 Å². The minimum Gasteiger partial charge on any atom is -0.451 e. The molecule has 1 heterocycles. The van der Waals surface area contributed by atoms with E-state index in [0.717, 1.165) is 10.9 Å². The highest BCUT2D eigenvalue weighted by atomic mass is 35.5. The van der Waals surface area contributed by atoms with Crippen molar-refractivity contribution in [3.8, 4) is 0 Å². The Morgan fingerprint density at radius 1 is 1.14 bits per heavy atom. The molecule has 2 N–H and O–H groups in total. The lowest BCUT2D eigenvalue weighted by Crippen LogP contribution is -2.21. The molecular formula is C17H14ClNO2. The van der Waals surface area contributed by atoms with E-state index >= 15 is 0 Å². The Balaban J connectivity index is 2.01. The molecule has 3 aromatic rings. The number of para-hydroxylation sites is 1. The van der Waals surface area contributed by atoms with Gasteiger partial charge in [0.2, 0.25) is 5.78 Å². The second kappa shape index (κ2) is 5.72. The highest BCUT2D eigenvalue weighted by molar-refractivity contribution is 6.34. The normalized spacial score (nSPS) is 12.5. The molecule has 0 aliphatic rings. The molecule has 21 heavy (non-hydrogen) atoms. The maximum atomic E-state index is 12.6. The lowest BCUT2D eigenvalue weighted by molar-refractivity contribution is 0.0937. The van der Waals surface area contributed by atoms with E-state index in [-0.39, 0.29) is 18.1 Å². The third-order valence-corrected chi connectivity index (χ3v) is 3.79. The van der Waals surface area contributed by atoms with Crippen LogP contribution in [0.1, 0.15) is 22.0 Å². The lowest BCUT2D eigenvalue weighted by atomic mass is 9.93. The van der Waals surface area contributed by atoms with E-state index in [2.05, 4.69) is 0 Å². The highest BCUT2D eigenvalue weighted by Crippen LogP contribution is 2.29. The SMILES string of the molecule is NCC(C(=O)c1cc2cccc(Cl)c2o1)c1ccccc1. The average molecular weight is 300 g/mol. The first-order valence-corrected chi connectivity index (χ1v) is 7.06. The number of hydrogen-bond donors (Lipinski definition) is 1. The van der Waals surface area contributed by atoms with Crippen LogP contribution in [0.15, 0.2) is 59.0 Å². The molecule has 0 amide bonds. The van der Waals surface area contributed by atoms with Crippen LogP contribution in [0.25, 0.3) is 11.0 Å². The number of nitrogens with two attached hydrogens (primary N) is 1. The van der Waals surface area contributed by atoms with E-state index in [0.29, 0.717) is 10.6 Å². The Labute approximate surface area is 127 Å². The van der Waals surface area contributed by atoms with Gasteiger partial charge in [-0.05, 0) is 17.7 Å². The van der Waals surface area contributed by atoms with Gasteiger partial charge < -0.3 is 10.2 Å². The molecular weight excluding hydrogens is 286 g/mol. The lowest BCUT2D eigenvalue weighted by Gasteiger charge is -2.12. The number of carbonyl (C=O) groups is 1. The van der Waals surface area contributed by atoms with E-state index in [1.807, 2.05) is 42.5 Å². The average Bonchev–Trinajstić information content (AvgIpc) is 2.95. The molecule has 3 nitrogen and oxygen atoms in total. The second-order valence-corrected chi connectivity index (χ2v) is 5.24. The molecule has 106 valence electrons. The number of Topliss-reactive ketones (excluding diaryl/α,β-unsaturated/α-hetero) is 1. The van der Waals surface area contributed by atoms with Crippen LogP contribution in [0.4, 0.5) is 0 Å². The first-order chi connectivity index (χ1) is 10.2. The second-order valence-electron chi connectivity index (χ2n) is 4.83. The van der Waals surface area contributed by atoms with Crippen LogP contribution in [0.3, 0.4) is 0 Å². The zero-order valence-electron chi connectivity index (χ0n) is 11.3. The van der Waals surface area contributed by atoms with Crippen LogP contribution in [-0.2, 0) is 0 Å². The Morgan fingerprint density at radius 2 is 1.90 bits per heavy atom. The molecule has 0 spiro atoms. The molecule has 0 aliphatic carbocycles. The predicted octanol–water partition coefficient (Wildman–Crippen LogP) is 4.01. The van der Waals surface area contributed by atoms with Gasteiger partial charge in [0, 0.05) is 11.9 Å². The number of ketones is 1. The Kier molecular flexibility index (Phi) is 3.78. The molecule has 0 radical (unpaired) electrons. The summed E-state index contributed by atoms with van der Waals surface area (Å²) >= 11 is 6.08. The fraction of sp³-hybridized carbons (Fsp3) is 0.118. The first kappa shape index (κ1) is 13.9. The molecule has 3 rings (SSSR count). The van der Waals surface area contributed by atoms with Crippen molar-refractivity contribution in [3.05, 3.63) is 70.9 Å². The van der Waals surface area contributed by atoms with Crippen LogP contribution < -0.4 is 5.73 Å². The number of fused-ring (bicyclic) bond motifs is 1. The van der Waals surface area contributed by atoms with E-state index < -0.39 is 5.92 Å². The zero-order valence-corrected chi connectivity index (χ0v) is 12.0. The molecule has 2 aromatic carbocycles. The van der Waals surface area contributed by atoms with Gasteiger partial charge in [-0.1, -0.05) is 54.1 Å². The summed E-state index contributed by atoms with van der Waals surface area (Å²) in [6.07, 6.45) is 0. The number of hydrogen-bond acceptors (Lipinski definition) is 3. The molecule has 1 aromatic heterocycles. The van der Waals surface area contributed by atoms with Crippen LogP contribution in [0.2, 0.25) is 5.02 Å². The van der Waals surface area contributed by atoms with E-state index in [1.54, 1.807) is 12.1 Å². The number of carbonyl (C=O) groups excluding carboxylic acids is 1. The Bertz CT molecular complexity index is 780. The standard InChI is InChI=1S/C17H14ClNO2/c18-14-8-4-7-12-9-15(21-17(12)14)16(20)13(10-19)11-5-2-1-3-6-11/h1-9,13H,10,19H2. The molecule has 0 saturated carbocycles. The molecule has 0 saturated heterocycles. The van der Waals surface area contributed by atoms with E-state index in [1.165, 1.54) is 0 Å². The molecule has 0 fully saturated rings. The third kappa shape index (κ3) is 2.58. The van der Waals surface area contributed by atoms with Gasteiger partial charge in [0.1, 0.15) is 0 Å². The smallest absolute Gasteiger partial charge is 0.206 e. The fourth-order valence-electron chi connectivity index (χ4n) is 2.40. The summed E-state index contributed by atoms with van der Waals surface area (Å²) in [5.41, 5.74) is 7.20. The predicted molar refractivity (Wildman–Crippen MR) is 83.8 cm³/mol. The summed E-state index contributed by atoms with van der Waals surface area (Å²) < 4.78 is 5.63. The summed E-state index contributed by atoms with van der Waals surface area (Å²) in [6.45, 7) is 0.230. The van der Waals surface area contributed by atoms with Crippen molar-refractivity contribution in [1.29, 1.82) is 0 Å². The topological polar surface area (TPSA) is 56.2 Å². The number of furan rings is 1. The monoisotopic (exact) mass is 299 g/mol. The quantitative estimate of drug-likeness (QED) is 0.741. The van der Waals surface area contributed by atoms with E-state index in [9.17, 15) is 4.79 Å². The van der Waals surface area contributed by atoms with Crippen LogP contribution >= 0.6 is 11.6 Å². The Hall–Kier alpha value is -2.10. The largest absolute Gasteiger partial charge is 0.451 e. The zero-order chi connectivity index (χ0) is 14.8. The van der Waals surface area contributed by atoms with Gasteiger partial charge in [-0.15, -0.1) is 0 Å². The molecule has 1 unspecified atom stereocenters. The van der Waals surface area contributed by atoms with Gasteiger partial charge in [-0.25, -0.2) is 0 Å². The summed E-state index contributed by atoms with van der Waals surface area (Å²) in [5, 5.41) is 1.31. The minimum atomic E-state index is -0.412.